The van der Waals surface area contributed by atoms with Crippen molar-refractivity contribution in [1.29, 1.82) is 0 Å². The maximum atomic E-state index is 11.6. The standard InChI is InChI=1S/C13H23NO2/c1-4-10(3)14-12-8-6-7-11(9-12)13(15)16-5-2/h4,10-12,14H,1,5-9H2,2-3H3. The van der Waals surface area contributed by atoms with Crippen LogP contribution in [0.15, 0.2) is 12.7 Å². The van der Waals surface area contributed by atoms with Crippen LogP contribution in [0.3, 0.4) is 0 Å². The first-order chi connectivity index (χ1) is 7.67. The van der Waals surface area contributed by atoms with Crippen LogP contribution in [-0.2, 0) is 9.53 Å². The molecule has 0 aromatic carbocycles. The van der Waals surface area contributed by atoms with E-state index in [1.54, 1.807) is 0 Å². The van der Waals surface area contributed by atoms with Crippen molar-refractivity contribution in [3.8, 4) is 0 Å². The predicted molar refractivity (Wildman–Crippen MR) is 65.2 cm³/mol. The zero-order valence-corrected chi connectivity index (χ0v) is 10.4. The second-order valence-corrected chi connectivity index (χ2v) is 4.50. The van der Waals surface area contributed by atoms with Crippen molar-refractivity contribution in [3.05, 3.63) is 12.7 Å². The summed E-state index contributed by atoms with van der Waals surface area (Å²) < 4.78 is 5.07. The molecule has 92 valence electrons. The topological polar surface area (TPSA) is 38.3 Å². The molecule has 0 heterocycles. The molecule has 0 bridgehead atoms. The molecular weight excluding hydrogens is 202 g/mol. The van der Waals surface area contributed by atoms with Gasteiger partial charge in [-0.25, -0.2) is 0 Å². The highest BCUT2D eigenvalue weighted by atomic mass is 16.5. The Morgan fingerprint density at radius 2 is 2.38 bits per heavy atom. The second kappa shape index (κ2) is 6.69. The Morgan fingerprint density at radius 3 is 3.00 bits per heavy atom. The minimum Gasteiger partial charge on any atom is -0.466 e. The molecule has 0 saturated heterocycles. The second-order valence-electron chi connectivity index (χ2n) is 4.50. The fourth-order valence-corrected chi connectivity index (χ4v) is 2.26. The van der Waals surface area contributed by atoms with Crippen LogP contribution in [0.5, 0.6) is 0 Å². The fraction of sp³-hybridized carbons (Fsp3) is 0.769. The molecule has 3 nitrogen and oxygen atoms in total. The quantitative estimate of drug-likeness (QED) is 0.576. The molecule has 3 unspecified atom stereocenters. The van der Waals surface area contributed by atoms with Gasteiger partial charge in [0.2, 0.25) is 0 Å². The maximum absolute atomic E-state index is 11.6. The molecule has 3 heteroatoms. The van der Waals surface area contributed by atoms with Gasteiger partial charge in [-0.2, -0.15) is 0 Å². The zero-order chi connectivity index (χ0) is 12.0. The molecule has 0 spiro atoms. The number of ether oxygens (including phenoxy) is 1. The number of hydrogen-bond acceptors (Lipinski definition) is 3. The third-order valence-electron chi connectivity index (χ3n) is 3.15. The van der Waals surface area contributed by atoms with Crippen molar-refractivity contribution in [3.63, 3.8) is 0 Å². The minimum absolute atomic E-state index is 0.0275. The highest BCUT2D eigenvalue weighted by molar-refractivity contribution is 5.72. The summed E-state index contributed by atoms with van der Waals surface area (Å²) in [7, 11) is 0. The van der Waals surface area contributed by atoms with Gasteiger partial charge < -0.3 is 10.1 Å². The van der Waals surface area contributed by atoms with Crippen LogP contribution in [-0.4, -0.2) is 24.7 Å². The molecule has 0 radical (unpaired) electrons. The summed E-state index contributed by atoms with van der Waals surface area (Å²) in [6.45, 7) is 8.18. The molecule has 0 aliphatic heterocycles. The van der Waals surface area contributed by atoms with Gasteiger partial charge in [0.15, 0.2) is 0 Å². The van der Waals surface area contributed by atoms with Gasteiger partial charge in [-0.15, -0.1) is 6.58 Å². The van der Waals surface area contributed by atoms with E-state index in [1.807, 2.05) is 13.0 Å². The molecule has 1 N–H and O–H groups in total. The molecular formula is C13H23NO2. The van der Waals surface area contributed by atoms with Gasteiger partial charge in [-0.3, -0.25) is 4.79 Å². The molecule has 0 amide bonds. The minimum atomic E-state index is -0.0275. The van der Waals surface area contributed by atoms with E-state index in [2.05, 4.69) is 18.8 Å². The highest BCUT2D eigenvalue weighted by Gasteiger charge is 2.28. The van der Waals surface area contributed by atoms with Crippen molar-refractivity contribution in [2.45, 2.75) is 51.6 Å². The molecule has 16 heavy (non-hydrogen) atoms. The monoisotopic (exact) mass is 225 g/mol. The highest BCUT2D eigenvalue weighted by Crippen LogP contribution is 2.25. The Kier molecular flexibility index (Phi) is 5.53. The molecule has 1 aliphatic carbocycles. The molecule has 1 rings (SSSR count). The molecule has 0 aromatic heterocycles. The fourth-order valence-electron chi connectivity index (χ4n) is 2.26. The molecule has 0 aromatic rings. The summed E-state index contributed by atoms with van der Waals surface area (Å²) in [5, 5.41) is 3.47. The van der Waals surface area contributed by atoms with Gasteiger partial charge in [0, 0.05) is 12.1 Å². The predicted octanol–water partition coefficient (Wildman–Crippen LogP) is 2.27. The van der Waals surface area contributed by atoms with Crippen LogP contribution < -0.4 is 5.32 Å². The van der Waals surface area contributed by atoms with E-state index in [0.717, 1.165) is 25.7 Å². The average Bonchev–Trinajstić information content (AvgIpc) is 2.29. The summed E-state index contributed by atoms with van der Waals surface area (Å²) in [6, 6.07) is 0.738. The summed E-state index contributed by atoms with van der Waals surface area (Å²) in [5.41, 5.74) is 0. The Hall–Kier alpha value is -0.830. The first kappa shape index (κ1) is 13.2. The van der Waals surface area contributed by atoms with E-state index in [-0.39, 0.29) is 11.9 Å². The van der Waals surface area contributed by atoms with Gasteiger partial charge >= 0.3 is 5.97 Å². The van der Waals surface area contributed by atoms with E-state index >= 15 is 0 Å². The maximum Gasteiger partial charge on any atom is 0.308 e. The number of rotatable bonds is 5. The van der Waals surface area contributed by atoms with Crippen LogP contribution in [0.25, 0.3) is 0 Å². The Bertz CT molecular complexity index is 240. The summed E-state index contributed by atoms with van der Waals surface area (Å²) >= 11 is 0. The van der Waals surface area contributed by atoms with Crippen molar-refractivity contribution in [2.24, 2.45) is 5.92 Å². The Labute approximate surface area is 98.2 Å². The third kappa shape index (κ3) is 3.97. The van der Waals surface area contributed by atoms with Crippen molar-refractivity contribution >= 4 is 5.97 Å². The van der Waals surface area contributed by atoms with Gasteiger partial charge in [-0.05, 0) is 33.1 Å². The van der Waals surface area contributed by atoms with Crippen molar-refractivity contribution in [1.82, 2.24) is 5.32 Å². The number of nitrogens with one attached hydrogen (secondary N) is 1. The summed E-state index contributed by atoms with van der Waals surface area (Å²) in [4.78, 5) is 11.6. The van der Waals surface area contributed by atoms with Crippen LogP contribution >= 0.6 is 0 Å². The van der Waals surface area contributed by atoms with E-state index in [9.17, 15) is 4.79 Å². The summed E-state index contributed by atoms with van der Waals surface area (Å²) in [5.74, 6) is 0.0588. The number of hydrogen-bond donors (Lipinski definition) is 1. The lowest BCUT2D eigenvalue weighted by atomic mass is 9.85. The first-order valence-electron chi connectivity index (χ1n) is 6.22. The Morgan fingerprint density at radius 1 is 1.62 bits per heavy atom. The SMILES string of the molecule is C=CC(C)NC1CCCC(C(=O)OCC)C1. The summed E-state index contributed by atoms with van der Waals surface area (Å²) in [6.07, 6.45) is 6.02. The lowest BCUT2D eigenvalue weighted by Crippen LogP contribution is -2.40. The van der Waals surface area contributed by atoms with Gasteiger partial charge in [0.25, 0.3) is 0 Å². The lowest BCUT2D eigenvalue weighted by molar-refractivity contribution is -0.149. The van der Waals surface area contributed by atoms with Crippen LogP contribution in [0.4, 0.5) is 0 Å². The number of carbonyl (C=O) groups excluding carboxylic acids is 1. The molecule has 3 atom stereocenters. The van der Waals surface area contributed by atoms with Crippen LogP contribution in [0.1, 0.15) is 39.5 Å². The Balaban J connectivity index is 2.40. The normalized spacial score (nSPS) is 27.1. The number of carbonyl (C=O) groups is 1. The van der Waals surface area contributed by atoms with E-state index in [1.165, 1.54) is 0 Å². The van der Waals surface area contributed by atoms with Crippen molar-refractivity contribution in [2.75, 3.05) is 6.61 Å². The van der Waals surface area contributed by atoms with E-state index in [4.69, 9.17) is 4.74 Å². The largest absolute Gasteiger partial charge is 0.466 e. The zero-order valence-electron chi connectivity index (χ0n) is 10.4. The molecule has 1 aliphatic rings. The number of esters is 1. The third-order valence-corrected chi connectivity index (χ3v) is 3.15. The van der Waals surface area contributed by atoms with Crippen molar-refractivity contribution < 1.29 is 9.53 Å². The first-order valence-corrected chi connectivity index (χ1v) is 6.22. The van der Waals surface area contributed by atoms with Crippen LogP contribution in [0, 0.1) is 5.92 Å². The molecule has 1 saturated carbocycles. The van der Waals surface area contributed by atoms with Gasteiger partial charge in [0.1, 0.15) is 0 Å². The van der Waals surface area contributed by atoms with Gasteiger partial charge in [0.05, 0.1) is 12.5 Å². The molecule has 1 fully saturated rings. The smallest absolute Gasteiger partial charge is 0.308 e. The van der Waals surface area contributed by atoms with Crippen LogP contribution in [0.2, 0.25) is 0 Å². The lowest BCUT2D eigenvalue weighted by Gasteiger charge is -2.30. The average molecular weight is 225 g/mol. The van der Waals surface area contributed by atoms with E-state index in [0.29, 0.717) is 18.7 Å². The van der Waals surface area contributed by atoms with E-state index < -0.39 is 0 Å². The van der Waals surface area contributed by atoms with Gasteiger partial charge in [-0.1, -0.05) is 12.5 Å².